The fourth-order valence-electron chi connectivity index (χ4n) is 3.35. The number of hydrogen-bond donors (Lipinski definition) is 2. The summed E-state index contributed by atoms with van der Waals surface area (Å²) in [5.74, 6) is 0.297. The minimum atomic E-state index is -1.33. The first-order valence-electron chi connectivity index (χ1n) is 9.67. The normalized spacial score (nSPS) is 19.9. The molecule has 2 N–H and O–H groups in total. The summed E-state index contributed by atoms with van der Waals surface area (Å²) in [6, 6.07) is 5.97. The predicted molar refractivity (Wildman–Crippen MR) is 110 cm³/mol. The molecule has 0 aliphatic heterocycles. The lowest BCUT2D eigenvalue weighted by Crippen LogP contribution is -2.48. The van der Waals surface area contributed by atoms with Crippen molar-refractivity contribution in [2.75, 3.05) is 5.32 Å². The van der Waals surface area contributed by atoms with Gasteiger partial charge in [-0.25, -0.2) is 14.2 Å². The molecule has 1 saturated carbocycles. The lowest BCUT2D eigenvalue weighted by atomic mass is 9.73. The van der Waals surface area contributed by atoms with Crippen LogP contribution < -0.4 is 15.4 Å². The molecule has 0 radical (unpaired) electrons. The highest BCUT2D eigenvalue weighted by molar-refractivity contribution is 6.01. The molecule has 1 aliphatic rings. The summed E-state index contributed by atoms with van der Waals surface area (Å²) in [5, 5.41) is 8.81. The average Bonchev–Trinajstić information content (AvgIpc) is 3.14. The number of amides is 3. The Morgan fingerprint density at radius 2 is 2.00 bits per heavy atom. The van der Waals surface area contributed by atoms with Gasteiger partial charge in [-0.2, -0.15) is 5.10 Å². The van der Waals surface area contributed by atoms with E-state index in [2.05, 4.69) is 25.7 Å². The molecule has 1 aliphatic carbocycles. The van der Waals surface area contributed by atoms with Crippen LogP contribution in [0, 0.1) is 5.92 Å². The predicted octanol–water partition coefficient (Wildman–Crippen LogP) is 3.46. The number of alkyl halides is 1. The SMILES string of the molecule is Cn1cc(-c2cc(Oc3ccc(NC(=O)NC(=O)[C@H]4C[C@](C)(F)C4)nc3)ccn2)cn1. The van der Waals surface area contributed by atoms with Crippen LogP contribution in [0.2, 0.25) is 0 Å². The van der Waals surface area contributed by atoms with Crippen molar-refractivity contribution < 1.29 is 18.7 Å². The van der Waals surface area contributed by atoms with Gasteiger partial charge in [0.05, 0.1) is 18.1 Å². The molecule has 0 atom stereocenters. The summed E-state index contributed by atoms with van der Waals surface area (Å²) in [6.45, 7) is 1.44. The third-order valence-corrected chi connectivity index (χ3v) is 4.90. The molecule has 10 heteroatoms. The van der Waals surface area contributed by atoms with Gasteiger partial charge in [0.1, 0.15) is 23.0 Å². The minimum Gasteiger partial charge on any atom is -0.456 e. The molecule has 0 aromatic carbocycles. The van der Waals surface area contributed by atoms with Crippen molar-refractivity contribution in [1.29, 1.82) is 0 Å². The highest BCUT2D eigenvalue weighted by atomic mass is 19.1. The van der Waals surface area contributed by atoms with Crippen molar-refractivity contribution >= 4 is 17.8 Å². The molecule has 4 rings (SSSR count). The van der Waals surface area contributed by atoms with Crippen LogP contribution in [0.4, 0.5) is 15.0 Å². The van der Waals surface area contributed by atoms with Gasteiger partial charge in [0, 0.05) is 37.0 Å². The van der Waals surface area contributed by atoms with Crippen molar-refractivity contribution in [1.82, 2.24) is 25.1 Å². The second kappa shape index (κ2) is 8.13. The van der Waals surface area contributed by atoms with Crippen LogP contribution in [0.25, 0.3) is 11.3 Å². The van der Waals surface area contributed by atoms with Gasteiger partial charge < -0.3 is 4.74 Å². The first-order valence-corrected chi connectivity index (χ1v) is 9.67. The van der Waals surface area contributed by atoms with Gasteiger partial charge in [-0.15, -0.1) is 0 Å². The third-order valence-electron chi connectivity index (χ3n) is 4.90. The lowest BCUT2D eigenvalue weighted by molar-refractivity contribution is -0.131. The fraction of sp³-hybridized carbons (Fsp3) is 0.286. The van der Waals surface area contributed by atoms with Gasteiger partial charge in [0.2, 0.25) is 5.91 Å². The number of carbonyl (C=O) groups excluding carboxylic acids is 2. The molecule has 3 aromatic rings. The molecule has 1 fully saturated rings. The number of carbonyl (C=O) groups is 2. The maximum absolute atomic E-state index is 13.5. The summed E-state index contributed by atoms with van der Waals surface area (Å²) in [5.41, 5.74) is 0.255. The summed E-state index contributed by atoms with van der Waals surface area (Å²) in [6.07, 6.45) is 6.88. The minimum absolute atomic E-state index is 0.119. The van der Waals surface area contributed by atoms with E-state index in [9.17, 15) is 14.0 Å². The third kappa shape index (κ3) is 5.03. The summed E-state index contributed by atoms with van der Waals surface area (Å²) >= 11 is 0. The van der Waals surface area contributed by atoms with Crippen LogP contribution in [0.3, 0.4) is 0 Å². The standard InChI is InChI=1S/C21H21FN6O3/c1-21(22)8-13(9-21)19(29)27-20(30)26-18-4-3-16(11-24-18)31-15-5-6-23-17(7-15)14-10-25-28(2)12-14/h3-7,10-13H,8-9H2,1-2H3,(H2,24,26,27,29,30)/t13-,21-. The Bertz CT molecular complexity index is 1100. The van der Waals surface area contributed by atoms with E-state index >= 15 is 0 Å². The Balaban J connectivity index is 1.32. The Morgan fingerprint density at radius 3 is 2.65 bits per heavy atom. The van der Waals surface area contributed by atoms with E-state index in [1.54, 1.807) is 41.3 Å². The zero-order valence-electron chi connectivity index (χ0n) is 17.0. The van der Waals surface area contributed by atoms with Crippen molar-refractivity contribution in [2.45, 2.75) is 25.4 Å². The number of rotatable bonds is 5. The van der Waals surface area contributed by atoms with Gasteiger partial charge in [-0.05, 0) is 38.0 Å². The van der Waals surface area contributed by atoms with Crippen LogP contribution in [0.1, 0.15) is 19.8 Å². The number of hydrogen-bond acceptors (Lipinski definition) is 6. The Morgan fingerprint density at radius 1 is 1.19 bits per heavy atom. The average molecular weight is 424 g/mol. The van der Waals surface area contributed by atoms with Crippen LogP contribution in [0.15, 0.2) is 49.1 Å². The maximum atomic E-state index is 13.5. The zero-order valence-corrected chi connectivity index (χ0v) is 17.0. The number of nitrogens with zero attached hydrogens (tertiary/aromatic N) is 4. The van der Waals surface area contributed by atoms with Gasteiger partial charge in [-0.3, -0.25) is 25.1 Å². The molecular formula is C21H21FN6O3. The number of halogens is 1. The van der Waals surface area contributed by atoms with Gasteiger partial charge in [0.25, 0.3) is 0 Å². The largest absolute Gasteiger partial charge is 0.456 e. The Labute approximate surface area is 177 Å². The highest BCUT2D eigenvalue weighted by Gasteiger charge is 2.44. The molecule has 0 unspecified atom stereocenters. The Hall–Kier alpha value is -3.82. The van der Waals surface area contributed by atoms with E-state index in [1.807, 2.05) is 13.2 Å². The van der Waals surface area contributed by atoms with E-state index in [4.69, 9.17) is 4.74 Å². The molecule has 0 saturated heterocycles. The number of aromatic nitrogens is 4. The zero-order chi connectivity index (χ0) is 22.0. The summed E-state index contributed by atoms with van der Waals surface area (Å²) in [7, 11) is 1.83. The molecule has 3 aromatic heterocycles. The number of urea groups is 1. The van der Waals surface area contributed by atoms with Crippen LogP contribution in [-0.2, 0) is 11.8 Å². The molecule has 31 heavy (non-hydrogen) atoms. The van der Waals surface area contributed by atoms with Crippen LogP contribution >= 0.6 is 0 Å². The molecule has 0 bridgehead atoms. The molecular weight excluding hydrogens is 403 g/mol. The van der Waals surface area contributed by atoms with E-state index in [-0.39, 0.29) is 18.7 Å². The van der Waals surface area contributed by atoms with Gasteiger partial charge in [0.15, 0.2) is 0 Å². The van der Waals surface area contributed by atoms with Crippen LogP contribution in [0.5, 0.6) is 11.5 Å². The molecule has 9 nitrogen and oxygen atoms in total. The van der Waals surface area contributed by atoms with Crippen LogP contribution in [-0.4, -0.2) is 37.4 Å². The molecule has 0 spiro atoms. The van der Waals surface area contributed by atoms with E-state index in [0.717, 1.165) is 11.3 Å². The Kier molecular flexibility index (Phi) is 5.37. The first-order chi connectivity index (χ1) is 14.8. The second-order valence-electron chi connectivity index (χ2n) is 7.72. The number of aryl methyl sites for hydroxylation is 1. The highest BCUT2D eigenvalue weighted by Crippen LogP contribution is 2.40. The first kappa shape index (κ1) is 20.5. The molecule has 3 heterocycles. The number of imide groups is 1. The van der Waals surface area contributed by atoms with E-state index in [1.165, 1.54) is 13.1 Å². The summed E-state index contributed by atoms with van der Waals surface area (Å²) < 4.78 is 21.0. The second-order valence-corrected chi connectivity index (χ2v) is 7.72. The van der Waals surface area contributed by atoms with Gasteiger partial charge in [-0.1, -0.05) is 0 Å². The number of ether oxygens (including phenoxy) is 1. The molecule has 160 valence electrons. The van der Waals surface area contributed by atoms with Crippen molar-refractivity contribution in [3.05, 3.63) is 49.1 Å². The monoisotopic (exact) mass is 424 g/mol. The smallest absolute Gasteiger partial charge is 0.327 e. The van der Waals surface area contributed by atoms with Crippen molar-refractivity contribution in [3.8, 4) is 22.8 Å². The van der Waals surface area contributed by atoms with Crippen molar-refractivity contribution in [2.24, 2.45) is 13.0 Å². The number of pyridine rings is 2. The number of nitrogens with one attached hydrogen (secondary N) is 2. The van der Waals surface area contributed by atoms with Crippen molar-refractivity contribution in [3.63, 3.8) is 0 Å². The maximum Gasteiger partial charge on any atom is 0.327 e. The van der Waals surface area contributed by atoms with E-state index < -0.39 is 23.5 Å². The van der Waals surface area contributed by atoms with Gasteiger partial charge >= 0.3 is 6.03 Å². The lowest BCUT2D eigenvalue weighted by Gasteiger charge is -2.37. The van der Waals surface area contributed by atoms with E-state index in [0.29, 0.717) is 11.5 Å². The topological polar surface area (TPSA) is 111 Å². The fourth-order valence-corrected chi connectivity index (χ4v) is 3.35. The quantitative estimate of drug-likeness (QED) is 0.649. The molecule has 3 amide bonds. The summed E-state index contributed by atoms with van der Waals surface area (Å²) in [4.78, 5) is 32.3. The number of anilines is 1.